The smallest absolute Gasteiger partial charge is 0.348 e. The predicted molar refractivity (Wildman–Crippen MR) is 89.7 cm³/mol. The first kappa shape index (κ1) is 18.3. The van der Waals surface area contributed by atoms with Gasteiger partial charge in [-0.15, -0.1) is 0 Å². The van der Waals surface area contributed by atoms with Crippen LogP contribution in [0.2, 0.25) is 0 Å². The maximum absolute atomic E-state index is 12.6. The molecular formula is C18H20O7. The van der Waals surface area contributed by atoms with Crippen molar-refractivity contribution in [2.24, 2.45) is 0 Å². The van der Waals surface area contributed by atoms with Gasteiger partial charge in [0.1, 0.15) is 5.56 Å². The number of carbonyl (C=O) groups excluding carboxylic acids is 1. The molecular weight excluding hydrogens is 328 g/mol. The first-order valence-corrected chi connectivity index (χ1v) is 7.76. The molecule has 0 aliphatic carbocycles. The van der Waals surface area contributed by atoms with E-state index in [2.05, 4.69) is 0 Å². The summed E-state index contributed by atoms with van der Waals surface area (Å²) in [5, 5.41) is 39.6. The average molecular weight is 348 g/mol. The first-order chi connectivity index (χ1) is 11.9. The van der Waals surface area contributed by atoms with Crippen molar-refractivity contribution in [3.63, 3.8) is 0 Å². The molecule has 0 spiro atoms. The molecule has 134 valence electrons. The molecule has 0 amide bonds. The lowest BCUT2D eigenvalue weighted by molar-refractivity contribution is 0.0723. The van der Waals surface area contributed by atoms with Gasteiger partial charge in [0.15, 0.2) is 23.0 Å². The summed E-state index contributed by atoms with van der Waals surface area (Å²) in [4.78, 5) is 12.6. The van der Waals surface area contributed by atoms with Crippen LogP contribution in [0, 0.1) is 0 Å². The van der Waals surface area contributed by atoms with Crippen LogP contribution in [0.4, 0.5) is 0 Å². The number of para-hydroxylation sites is 2. The fourth-order valence-corrected chi connectivity index (χ4v) is 2.42. The normalized spacial score (nSPS) is 10.5. The average Bonchev–Trinajstić information content (AvgIpc) is 2.62. The van der Waals surface area contributed by atoms with Crippen LogP contribution >= 0.6 is 0 Å². The molecule has 0 saturated carbocycles. The molecule has 0 bridgehead atoms. The number of hydrogen-bond donors (Lipinski definition) is 4. The van der Waals surface area contributed by atoms with E-state index < -0.39 is 34.5 Å². The van der Waals surface area contributed by atoms with Crippen LogP contribution in [0.5, 0.6) is 34.5 Å². The lowest BCUT2D eigenvalue weighted by Crippen LogP contribution is -2.13. The molecule has 0 unspecified atom stereocenters. The van der Waals surface area contributed by atoms with Gasteiger partial charge in [0, 0.05) is 5.56 Å². The molecule has 0 atom stereocenters. The molecule has 0 radical (unpaired) electrons. The van der Waals surface area contributed by atoms with Crippen molar-refractivity contribution in [3.8, 4) is 34.5 Å². The minimum absolute atomic E-state index is 0.00884. The van der Waals surface area contributed by atoms with Crippen LogP contribution in [0.25, 0.3) is 0 Å². The number of carbonyl (C=O) groups is 1. The summed E-state index contributed by atoms with van der Waals surface area (Å²) in [6.07, 6.45) is 1.55. The van der Waals surface area contributed by atoms with Crippen LogP contribution in [-0.2, 0) is 6.42 Å². The van der Waals surface area contributed by atoms with Crippen molar-refractivity contribution in [2.45, 2.75) is 26.2 Å². The summed E-state index contributed by atoms with van der Waals surface area (Å²) in [5.41, 5.74) is -0.387. The molecule has 4 N–H and O–H groups in total. The monoisotopic (exact) mass is 348 g/mol. The Balaban J connectivity index is 2.51. The van der Waals surface area contributed by atoms with E-state index in [1.54, 1.807) is 18.2 Å². The zero-order chi connectivity index (χ0) is 18.6. The van der Waals surface area contributed by atoms with Gasteiger partial charge in [-0.25, -0.2) is 4.79 Å². The van der Waals surface area contributed by atoms with E-state index in [1.807, 2.05) is 6.92 Å². The highest BCUT2D eigenvalue weighted by molar-refractivity contribution is 5.98. The Morgan fingerprint density at radius 2 is 1.56 bits per heavy atom. The number of benzene rings is 2. The highest BCUT2D eigenvalue weighted by Gasteiger charge is 2.29. The van der Waals surface area contributed by atoms with Gasteiger partial charge < -0.3 is 29.9 Å². The fourth-order valence-electron chi connectivity index (χ4n) is 2.42. The van der Waals surface area contributed by atoms with Gasteiger partial charge >= 0.3 is 5.97 Å². The largest absolute Gasteiger partial charge is 0.504 e. The van der Waals surface area contributed by atoms with E-state index in [-0.39, 0.29) is 17.7 Å². The molecule has 7 nitrogen and oxygen atoms in total. The number of esters is 1. The third-order valence-electron chi connectivity index (χ3n) is 3.75. The Labute approximate surface area is 144 Å². The second kappa shape index (κ2) is 7.65. The molecule has 0 heterocycles. The number of hydrogen-bond acceptors (Lipinski definition) is 7. The molecule has 2 aromatic carbocycles. The third-order valence-corrected chi connectivity index (χ3v) is 3.75. The topological polar surface area (TPSA) is 116 Å². The highest BCUT2D eigenvalue weighted by Crippen LogP contribution is 2.48. The van der Waals surface area contributed by atoms with Gasteiger partial charge in [-0.05, 0) is 25.0 Å². The number of unbranched alkanes of at least 4 members (excludes halogenated alkanes) is 1. The lowest BCUT2D eigenvalue weighted by atomic mass is 9.98. The Morgan fingerprint density at radius 1 is 0.960 bits per heavy atom. The SMILES string of the molecule is CCCCc1c(O)c(O)c(O)c(O)c1C(=O)Oc1ccccc1OC. The highest BCUT2D eigenvalue weighted by atomic mass is 16.6. The lowest BCUT2D eigenvalue weighted by Gasteiger charge is -2.16. The van der Waals surface area contributed by atoms with E-state index >= 15 is 0 Å². The molecule has 7 heteroatoms. The summed E-state index contributed by atoms with van der Waals surface area (Å²) in [7, 11) is 1.41. The van der Waals surface area contributed by atoms with Gasteiger partial charge in [0.2, 0.25) is 11.5 Å². The van der Waals surface area contributed by atoms with Crippen molar-refractivity contribution >= 4 is 5.97 Å². The Bertz CT molecular complexity index is 783. The van der Waals surface area contributed by atoms with Crippen molar-refractivity contribution in [1.29, 1.82) is 0 Å². The van der Waals surface area contributed by atoms with Crippen LogP contribution in [-0.4, -0.2) is 33.5 Å². The standard InChI is InChI=1S/C18H20O7/c1-3-4-7-10-13(15(20)17(22)16(21)14(10)19)18(23)25-12-9-6-5-8-11(12)24-2/h5-6,8-9,19-22H,3-4,7H2,1-2H3. The predicted octanol–water partition coefficient (Wildman–Crippen LogP) is 3.08. The molecule has 0 saturated heterocycles. The number of phenols is 4. The molecule has 0 aliphatic heterocycles. The zero-order valence-corrected chi connectivity index (χ0v) is 13.9. The molecule has 0 aromatic heterocycles. The quantitative estimate of drug-likeness (QED) is 0.274. The van der Waals surface area contributed by atoms with E-state index in [1.165, 1.54) is 13.2 Å². The van der Waals surface area contributed by atoms with E-state index in [4.69, 9.17) is 9.47 Å². The van der Waals surface area contributed by atoms with Crippen molar-refractivity contribution in [3.05, 3.63) is 35.4 Å². The Hall–Kier alpha value is -3.09. The van der Waals surface area contributed by atoms with Crippen molar-refractivity contribution in [1.82, 2.24) is 0 Å². The molecule has 25 heavy (non-hydrogen) atoms. The third kappa shape index (κ3) is 3.55. The number of methoxy groups -OCH3 is 1. The van der Waals surface area contributed by atoms with Gasteiger partial charge in [-0.2, -0.15) is 0 Å². The van der Waals surface area contributed by atoms with Crippen LogP contribution < -0.4 is 9.47 Å². The molecule has 0 aliphatic rings. The second-order valence-corrected chi connectivity index (χ2v) is 5.39. The summed E-state index contributed by atoms with van der Waals surface area (Å²) >= 11 is 0. The van der Waals surface area contributed by atoms with Gasteiger partial charge in [0.05, 0.1) is 7.11 Å². The fraction of sp³-hybridized carbons (Fsp3) is 0.278. The second-order valence-electron chi connectivity index (χ2n) is 5.39. The van der Waals surface area contributed by atoms with Crippen LogP contribution in [0.1, 0.15) is 35.7 Å². The van der Waals surface area contributed by atoms with E-state index in [0.29, 0.717) is 12.2 Å². The van der Waals surface area contributed by atoms with Gasteiger partial charge in [0.25, 0.3) is 0 Å². The Kier molecular flexibility index (Phi) is 5.59. The minimum Gasteiger partial charge on any atom is -0.504 e. The molecule has 0 fully saturated rings. The summed E-state index contributed by atoms with van der Waals surface area (Å²) in [5.74, 6) is -3.93. The molecule has 2 aromatic rings. The number of rotatable bonds is 6. The summed E-state index contributed by atoms with van der Waals surface area (Å²) in [6.45, 7) is 1.91. The summed E-state index contributed by atoms with van der Waals surface area (Å²) < 4.78 is 10.3. The maximum atomic E-state index is 12.6. The van der Waals surface area contributed by atoms with Crippen LogP contribution in [0.3, 0.4) is 0 Å². The number of aromatic hydroxyl groups is 4. The Morgan fingerprint density at radius 3 is 2.16 bits per heavy atom. The van der Waals surface area contributed by atoms with Gasteiger partial charge in [-0.3, -0.25) is 0 Å². The van der Waals surface area contributed by atoms with Crippen molar-refractivity contribution in [2.75, 3.05) is 7.11 Å². The molecule has 2 rings (SSSR count). The first-order valence-electron chi connectivity index (χ1n) is 7.76. The van der Waals surface area contributed by atoms with E-state index in [9.17, 15) is 25.2 Å². The van der Waals surface area contributed by atoms with Gasteiger partial charge in [-0.1, -0.05) is 25.5 Å². The maximum Gasteiger partial charge on any atom is 0.348 e. The van der Waals surface area contributed by atoms with Crippen LogP contribution in [0.15, 0.2) is 24.3 Å². The summed E-state index contributed by atoms with van der Waals surface area (Å²) in [6, 6.07) is 6.42. The van der Waals surface area contributed by atoms with Crippen molar-refractivity contribution < 1.29 is 34.7 Å². The number of phenolic OH excluding ortho intramolecular Hbond substituents is 4. The zero-order valence-electron chi connectivity index (χ0n) is 13.9. The van der Waals surface area contributed by atoms with E-state index in [0.717, 1.165) is 6.42 Å². The number of ether oxygens (including phenoxy) is 2. The minimum atomic E-state index is -0.987.